The Morgan fingerprint density at radius 2 is 0.456 bits per heavy atom. The molecular weight excluding hydrogens is 1960 g/mol. The first-order valence-electron chi connectivity index (χ1n) is 51.4. The third-order valence-corrected chi connectivity index (χ3v) is 26.0. The van der Waals surface area contributed by atoms with Crippen LogP contribution in [0.15, 0.2) is 0 Å². The smallest absolute Gasteiger partial charge is 0.345 e. The molecule has 0 aromatic heterocycles. The van der Waals surface area contributed by atoms with Crippen LogP contribution in [0.5, 0.6) is 0 Å². The van der Waals surface area contributed by atoms with Crippen molar-refractivity contribution < 1.29 is 81.0 Å². The van der Waals surface area contributed by atoms with Crippen LogP contribution in [0.3, 0.4) is 0 Å². The number of guanidine groups is 8. The molecule has 1 heterocycles. The van der Waals surface area contributed by atoms with Crippen molar-refractivity contribution in [2.45, 2.75) is 293 Å². The topological polar surface area (TPSA) is 956 Å². The van der Waals surface area contributed by atoms with Crippen LogP contribution in [0, 0.1) is 43.3 Å². The maximum atomic E-state index is 14.2. The van der Waals surface area contributed by atoms with Gasteiger partial charge in [0, 0.05) is 170 Å². The number of hydrogen-bond donors (Lipinski definition) is 38. The quantitative estimate of drug-likeness (QED) is 0.0116. The minimum atomic E-state index is -3.16. The Bertz CT molecular complexity index is 4250. The van der Waals surface area contributed by atoms with E-state index in [0.29, 0.717) is 142 Å². The van der Waals surface area contributed by atoms with E-state index in [1.54, 1.807) is 23.7 Å². The summed E-state index contributed by atoms with van der Waals surface area (Å²) in [6.45, 7) is 5.47. The van der Waals surface area contributed by atoms with Gasteiger partial charge in [-0.2, -0.15) is 0 Å². The number of amides is 15. The van der Waals surface area contributed by atoms with E-state index in [0.717, 1.165) is 0 Å². The molecule has 0 radical (unpaired) electrons. The lowest BCUT2D eigenvalue weighted by Gasteiger charge is -2.39. The van der Waals surface area contributed by atoms with Gasteiger partial charge in [0.25, 0.3) is 0 Å². The highest BCUT2D eigenvalue weighted by atomic mass is 31.2. The summed E-state index contributed by atoms with van der Waals surface area (Å²) in [6, 6.07) is -8.61. The summed E-state index contributed by atoms with van der Waals surface area (Å²) < 4.78 is 21.7. The Hall–Kier alpha value is -13.7. The predicted octanol–water partition coefficient (Wildman–Crippen LogP) is -6.66. The van der Waals surface area contributed by atoms with E-state index in [2.05, 4.69) is 117 Å². The van der Waals surface area contributed by atoms with E-state index in [4.69, 9.17) is 93.7 Å². The maximum absolute atomic E-state index is 14.2. The highest BCUT2D eigenvalue weighted by Crippen LogP contribution is 2.52. The van der Waals surface area contributed by atoms with Crippen molar-refractivity contribution >= 4 is 144 Å². The molecule has 15 amide bonds. The van der Waals surface area contributed by atoms with Crippen LogP contribution < -0.4 is 163 Å². The molecule has 149 heavy (non-hydrogen) atoms. The average molecular weight is 2140 g/mol. The van der Waals surface area contributed by atoms with Gasteiger partial charge in [0.05, 0.1) is 0 Å². The van der Waals surface area contributed by atoms with Crippen LogP contribution in [-0.4, -0.2) is 338 Å². The molecule has 0 spiro atoms. The van der Waals surface area contributed by atoms with Crippen LogP contribution in [0.4, 0.5) is 0 Å². The number of nitrogens with two attached hydrogens (primary N) is 8. The van der Waals surface area contributed by atoms with Crippen LogP contribution >= 0.6 is 7.67 Å². The number of unbranched alkanes of at least 4 members (excludes halogenated alkanes) is 10. The molecule has 1 aliphatic heterocycles. The van der Waals surface area contributed by atoms with Gasteiger partial charge in [-0.1, -0.05) is 32.1 Å². The van der Waals surface area contributed by atoms with Gasteiger partial charge in [-0.25, -0.2) is 9.34 Å². The second-order valence-corrected chi connectivity index (χ2v) is 39.0. The second kappa shape index (κ2) is 80.4. The highest BCUT2D eigenvalue weighted by molar-refractivity contribution is 7.53. The average Bonchev–Trinajstić information content (AvgIpc) is 0.809. The molecule has 46 N–H and O–H groups in total. The van der Waals surface area contributed by atoms with Crippen molar-refractivity contribution in [3.05, 3.63) is 0 Å². The number of rotatable bonds is 84. The minimum absolute atomic E-state index is 0.0114. The van der Waals surface area contributed by atoms with Crippen molar-refractivity contribution in [2.75, 3.05) is 139 Å². The number of nitrogens with one attached hydrogen (secondary N) is 30. The first kappa shape index (κ1) is 133. The maximum Gasteiger partial charge on any atom is 0.345 e. The van der Waals surface area contributed by atoms with E-state index in [-0.39, 0.29) is 273 Å². The van der Waals surface area contributed by atoms with Crippen LogP contribution in [0.1, 0.15) is 244 Å². The van der Waals surface area contributed by atoms with Gasteiger partial charge in [0.15, 0.2) is 47.7 Å². The van der Waals surface area contributed by atoms with Crippen molar-refractivity contribution in [3.8, 4) is 0 Å². The van der Waals surface area contributed by atoms with Crippen molar-refractivity contribution in [1.29, 1.82) is 43.3 Å². The van der Waals surface area contributed by atoms with E-state index < -0.39 is 133 Å². The van der Waals surface area contributed by atoms with Gasteiger partial charge in [-0.15, -0.1) is 0 Å². The number of piperazine rings is 1. The monoisotopic (exact) mass is 2130 g/mol. The molecule has 0 aromatic carbocycles. The molecule has 1 fully saturated rings. The number of carbonyl (C=O) groups is 15. The second-order valence-electron chi connectivity index (χ2n) is 36.2. The normalized spacial score (nSPS) is 13.6. The van der Waals surface area contributed by atoms with Crippen LogP contribution in [0.25, 0.3) is 0 Å². The summed E-state index contributed by atoms with van der Waals surface area (Å²) in [7, 11) is 1.58. The molecule has 0 saturated carbocycles. The van der Waals surface area contributed by atoms with Crippen molar-refractivity contribution in [1.82, 2.24) is 131 Å². The summed E-state index contributed by atoms with van der Waals surface area (Å²) in [4.78, 5) is 204. The van der Waals surface area contributed by atoms with Gasteiger partial charge in [0.2, 0.25) is 88.6 Å². The fraction of sp³-hybridized carbons (Fsp3) is 0.744. The number of carbonyl (C=O) groups excluding carboxylic acids is 15. The molecular formula is C90H176N41O17P. The molecule has 0 aliphatic carbocycles. The fourth-order valence-corrected chi connectivity index (χ4v) is 17.2. The summed E-state index contributed by atoms with van der Waals surface area (Å²) in [5.74, 6) is -9.55. The number of nitrogens with zero attached hydrogens (tertiary/aromatic N) is 3. The Labute approximate surface area is 873 Å². The lowest BCUT2D eigenvalue weighted by atomic mass is 10.1. The molecule has 59 heteroatoms. The van der Waals surface area contributed by atoms with Gasteiger partial charge in [-0.05, 0) is 181 Å². The predicted molar refractivity (Wildman–Crippen MR) is 566 cm³/mol. The largest absolute Gasteiger partial charge is 0.370 e. The van der Waals surface area contributed by atoms with Gasteiger partial charge < -0.3 is 172 Å². The summed E-state index contributed by atoms with van der Waals surface area (Å²) >= 11 is 0. The standard InChI is InChI=1S/C90H176N41O17P/c1-60(132)121-61(28-20-47-113-83(91)92)75(139)108-42-16-7-12-38-71(135)123-66(33-25-52-118-88(101)102)80(144)127-64(31-23-50-116-86(97)98)78(142)111-45-18-9-14-40-73(137)125-68(35-27-54-120-90(105)106)82(146)128-65(32-24-51-117-87(99)100)79(143)112-46-19-8-13-39-72(136)124-67(34-26-53-119-89(103)104)81(145)126-63(30-22-49-115-85(95)96)77(141)110-44-17-6-11-37-70(134)122-62(29-21-48-114-84(93)94)76(140)109-43-15-5-10-36-69(133)107-55-41-74(138)130-56-58-131(59-57-130)149(147,148-4)129(2)3/h61-68H,5-59H2,1-4H3,(H,107,133)(H,108,139)(H,109,140)(H,110,141)(H,111,142)(H,112,143)(H,121,132)(H,122,134)(H,123,135)(H,124,136)(H,125,137)(H,126,145)(H,127,144)(H,128,146)(H4,91,92,113)(H4,93,94,114)(H4,95,96,115)(H4,97,98,116)(H4,99,100,117)(H4,101,102,118)(H4,103,104,119)(H4,105,106,120). The Morgan fingerprint density at radius 3 is 0.664 bits per heavy atom. The van der Waals surface area contributed by atoms with E-state index in [9.17, 15) is 76.5 Å². The first-order chi connectivity index (χ1) is 70.9. The minimum Gasteiger partial charge on any atom is -0.370 e. The lowest BCUT2D eigenvalue weighted by molar-refractivity contribution is -0.133. The van der Waals surface area contributed by atoms with Gasteiger partial charge >= 0.3 is 7.67 Å². The lowest BCUT2D eigenvalue weighted by Crippen LogP contribution is -2.54. The highest BCUT2D eigenvalue weighted by Gasteiger charge is 2.38. The Morgan fingerprint density at radius 1 is 0.255 bits per heavy atom. The Balaban J connectivity index is 3.04. The summed E-state index contributed by atoms with van der Waals surface area (Å²) in [5, 5.41) is 121. The van der Waals surface area contributed by atoms with E-state index in [1.165, 1.54) is 18.7 Å². The molecule has 1 rings (SSSR count). The number of hydrogen-bond acceptors (Lipinski definition) is 25. The van der Waals surface area contributed by atoms with Gasteiger partial charge in [0.1, 0.15) is 48.3 Å². The summed E-state index contributed by atoms with van der Waals surface area (Å²) in [6.07, 6.45) is 9.96. The molecule has 1 saturated heterocycles. The molecule has 848 valence electrons. The third kappa shape index (κ3) is 67.7. The summed E-state index contributed by atoms with van der Waals surface area (Å²) in [5.41, 5.74) is 43.9. The van der Waals surface area contributed by atoms with Gasteiger partial charge in [-0.3, -0.25) is 120 Å². The molecule has 9 unspecified atom stereocenters. The molecule has 0 bridgehead atoms. The van der Waals surface area contributed by atoms with Crippen molar-refractivity contribution in [2.24, 2.45) is 45.9 Å². The van der Waals surface area contributed by atoms with E-state index >= 15 is 0 Å². The van der Waals surface area contributed by atoms with E-state index in [1.807, 2.05) is 0 Å². The fourth-order valence-electron chi connectivity index (χ4n) is 15.4. The molecule has 58 nitrogen and oxygen atoms in total. The first-order valence-corrected chi connectivity index (χ1v) is 52.9. The molecule has 9 atom stereocenters. The SMILES string of the molecule is COP(=O)(N(C)C)N1CCN(C(=O)CCNC(=O)CCCCCNC(=O)C(CCCNC(=N)N)NC(=O)CCCCCNC(=O)C(CCCNC(=N)N)NC(=O)C(CCCNC(=N)N)NC(=O)CCCCCNC(=O)C(CCCNC(=N)N)NC(=O)C(CCCNC(=N)N)NC(=O)CCCCCNC(=O)C(CCCNC(=N)N)NC(=O)C(CCCNC(=N)N)NC(=O)CCCCCNC(=O)C(CCCNC(=N)N)NC(C)=O)CC1. The van der Waals surface area contributed by atoms with Crippen molar-refractivity contribution in [3.63, 3.8) is 0 Å². The molecule has 1 aliphatic rings. The zero-order valence-electron chi connectivity index (χ0n) is 87.4. The zero-order chi connectivity index (χ0) is 111. The zero-order valence-corrected chi connectivity index (χ0v) is 88.3. The van der Waals surface area contributed by atoms with Crippen LogP contribution in [0.2, 0.25) is 0 Å². The van der Waals surface area contributed by atoms with Crippen LogP contribution in [-0.2, 0) is 81.0 Å². The third-order valence-electron chi connectivity index (χ3n) is 23.3. The Kier molecular flexibility index (Phi) is 71.9. The molecule has 0 aromatic rings.